The van der Waals surface area contributed by atoms with E-state index in [0.29, 0.717) is 106 Å². The molecule has 1 unspecified atom stereocenters. The fourth-order valence-corrected chi connectivity index (χ4v) is 12.6. The number of ketones is 1. The van der Waals surface area contributed by atoms with Gasteiger partial charge in [-0.2, -0.15) is 11.8 Å². The van der Waals surface area contributed by atoms with Crippen LogP contribution in [0.3, 0.4) is 0 Å². The van der Waals surface area contributed by atoms with Gasteiger partial charge in [0.15, 0.2) is 23.0 Å². The number of fused-ring (bicyclic) bond motifs is 8. The van der Waals surface area contributed by atoms with Gasteiger partial charge >= 0.3 is 0 Å². The van der Waals surface area contributed by atoms with E-state index in [2.05, 4.69) is 45.9 Å². The van der Waals surface area contributed by atoms with Crippen LogP contribution in [0.15, 0.2) is 91.0 Å². The molecule has 5 aromatic rings. The Hall–Kier alpha value is -7.28. The number of carbonyl (C=O) groups is 5. The van der Waals surface area contributed by atoms with Crippen molar-refractivity contribution in [3.05, 3.63) is 124 Å². The maximum absolute atomic E-state index is 14.4. The van der Waals surface area contributed by atoms with Crippen molar-refractivity contribution in [1.29, 1.82) is 0 Å². The van der Waals surface area contributed by atoms with E-state index in [1.165, 1.54) is 16.7 Å². The van der Waals surface area contributed by atoms with Gasteiger partial charge in [0, 0.05) is 102 Å². The van der Waals surface area contributed by atoms with Crippen molar-refractivity contribution in [3.63, 3.8) is 0 Å². The van der Waals surface area contributed by atoms with Gasteiger partial charge in [0.2, 0.25) is 11.8 Å². The third-order valence-electron chi connectivity index (χ3n) is 16.0. The standard InChI is InChI=1S/C63H74N6O11S/c1-7-23-77-25-26-78-24-22-66(20-12-16-48(70)17-13-21-67-60(71)36-59(81-6)63(67)74)45-28-41(39-79-57-34-53-49(32-55(57)75-4)61(72)68-46(37-64(53)2)30-43-14-8-10-18-51(43)68)27-42(29-45)40-80-58-35-54-50(33-56(58)76-5)62(73)69-47(38-65(54)3)31-44-15-9-11-19-52(44)69/h8-11,14-15,18-19,27-29,32-35,46-47,59H,7,12-13,16-17,20-26,30-31,36-40H2,1-6H3/t46-,47-,59?/m0/s1. The van der Waals surface area contributed by atoms with E-state index >= 15 is 0 Å². The predicted octanol–water partition coefficient (Wildman–Crippen LogP) is 8.77. The van der Waals surface area contributed by atoms with Gasteiger partial charge in [0.05, 0.1) is 73.9 Å². The molecule has 5 aliphatic rings. The molecule has 5 heterocycles. The molecule has 10 rings (SSSR count). The van der Waals surface area contributed by atoms with Gasteiger partial charge < -0.3 is 52.9 Å². The first-order chi connectivity index (χ1) is 39.4. The molecule has 3 atom stereocenters. The molecule has 0 N–H and O–H groups in total. The Labute approximate surface area is 479 Å². The summed E-state index contributed by atoms with van der Waals surface area (Å²) in [5.41, 5.74) is 9.27. The first-order valence-electron chi connectivity index (χ1n) is 28.2. The Kier molecular flexibility index (Phi) is 18.1. The summed E-state index contributed by atoms with van der Waals surface area (Å²) >= 11 is 1.38. The van der Waals surface area contributed by atoms with E-state index in [0.717, 1.165) is 70.0 Å². The molecule has 1 saturated heterocycles. The number of likely N-dealkylation sites (N-methyl/N-ethyl adjacent to an activating group) is 2. The average Bonchev–Trinajstić information content (AvgIpc) is 4.32. The number of rotatable bonds is 26. The van der Waals surface area contributed by atoms with Crippen LogP contribution in [0.4, 0.5) is 28.4 Å². The van der Waals surface area contributed by atoms with Crippen molar-refractivity contribution >= 4 is 69.6 Å². The van der Waals surface area contributed by atoms with Crippen LogP contribution in [-0.2, 0) is 49.9 Å². The fourth-order valence-electron chi connectivity index (χ4n) is 12.0. The molecule has 81 heavy (non-hydrogen) atoms. The fraction of sp³-hybridized carbons (Fsp3) is 0.444. The lowest BCUT2D eigenvalue weighted by atomic mass is 10.1. The molecule has 0 radical (unpaired) electrons. The van der Waals surface area contributed by atoms with Gasteiger partial charge in [-0.15, -0.1) is 0 Å². The van der Waals surface area contributed by atoms with E-state index in [9.17, 15) is 24.0 Å². The second-order valence-corrected chi connectivity index (χ2v) is 22.5. The lowest BCUT2D eigenvalue weighted by Gasteiger charge is -2.27. The lowest BCUT2D eigenvalue weighted by Crippen LogP contribution is -2.41. The number of methoxy groups -OCH3 is 2. The highest BCUT2D eigenvalue weighted by Gasteiger charge is 2.42. The number of benzene rings is 5. The van der Waals surface area contributed by atoms with Crippen LogP contribution in [0.25, 0.3) is 0 Å². The van der Waals surface area contributed by atoms with Crippen LogP contribution < -0.4 is 43.4 Å². The summed E-state index contributed by atoms with van der Waals surface area (Å²) in [6.45, 7) is 6.84. The number of amides is 4. The number of hydrogen-bond donors (Lipinski definition) is 0. The van der Waals surface area contributed by atoms with Crippen LogP contribution in [0, 0.1) is 0 Å². The topological polar surface area (TPSA) is 160 Å². The molecule has 0 spiro atoms. The van der Waals surface area contributed by atoms with Crippen molar-refractivity contribution in [1.82, 2.24) is 4.90 Å². The number of Topliss-reactive ketones (excluding diaryl/α,β-unsaturated/α-hetero) is 1. The molecule has 18 heteroatoms. The summed E-state index contributed by atoms with van der Waals surface area (Å²) in [6.07, 6.45) is 6.04. The summed E-state index contributed by atoms with van der Waals surface area (Å²) in [4.78, 5) is 79.1. The summed E-state index contributed by atoms with van der Waals surface area (Å²) in [6, 6.07) is 29.7. The van der Waals surface area contributed by atoms with E-state index < -0.39 is 0 Å². The zero-order chi connectivity index (χ0) is 56.7. The highest BCUT2D eigenvalue weighted by atomic mass is 32.2. The van der Waals surface area contributed by atoms with Gasteiger partial charge in [0.1, 0.15) is 19.0 Å². The average molecular weight is 1120 g/mol. The number of para-hydroxylation sites is 2. The largest absolute Gasteiger partial charge is 0.493 e. The van der Waals surface area contributed by atoms with Crippen LogP contribution in [0.5, 0.6) is 23.0 Å². The third-order valence-corrected chi connectivity index (χ3v) is 17.0. The molecule has 1 fully saturated rings. The second kappa shape index (κ2) is 25.7. The Balaban J connectivity index is 0.920. The van der Waals surface area contributed by atoms with Crippen LogP contribution in [-0.4, -0.2) is 145 Å². The molecule has 17 nitrogen and oxygen atoms in total. The minimum atomic E-state index is -0.352. The zero-order valence-corrected chi connectivity index (χ0v) is 48.2. The highest BCUT2D eigenvalue weighted by Crippen LogP contribution is 2.44. The number of thioether (sulfide) groups is 1. The molecule has 0 aromatic heterocycles. The van der Waals surface area contributed by atoms with Crippen molar-refractivity contribution in [2.75, 3.05) is 118 Å². The van der Waals surface area contributed by atoms with Crippen molar-refractivity contribution < 1.29 is 52.4 Å². The molecule has 5 aliphatic heterocycles. The molecule has 428 valence electrons. The predicted molar refractivity (Wildman–Crippen MR) is 315 cm³/mol. The SMILES string of the molecule is CCCOCCOCCN(CCCC(=O)CCCN1C(=O)CC(SC)C1=O)c1cc(COc2cc3c(cc2OC)C(=O)N2c4ccccc4C[C@H]2CN3C)cc(COc2cc3c(cc2OC)C(=O)N2c4ccccc4C[C@H]2CN3C)c1. The lowest BCUT2D eigenvalue weighted by molar-refractivity contribution is -0.138. The van der Waals surface area contributed by atoms with Gasteiger partial charge in [0.25, 0.3) is 11.8 Å². The molecular formula is C63H74N6O11S. The summed E-state index contributed by atoms with van der Waals surface area (Å²) in [5.74, 6) is 1.37. The third kappa shape index (κ3) is 12.3. The van der Waals surface area contributed by atoms with E-state index in [1.807, 2.05) is 84.7 Å². The molecule has 4 amide bonds. The maximum atomic E-state index is 14.4. The summed E-state index contributed by atoms with van der Waals surface area (Å²) in [5, 5.41) is -0.352. The van der Waals surface area contributed by atoms with Gasteiger partial charge in [-0.05, 0) is 103 Å². The molecular weight excluding hydrogens is 1050 g/mol. The van der Waals surface area contributed by atoms with Crippen LogP contribution in [0.2, 0.25) is 0 Å². The maximum Gasteiger partial charge on any atom is 0.260 e. The Morgan fingerprint density at radius 2 is 1.15 bits per heavy atom. The smallest absolute Gasteiger partial charge is 0.260 e. The van der Waals surface area contributed by atoms with Crippen molar-refractivity contribution in [2.24, 2.45) is 0 Å². The number of likely N-dealkylation sites (tertiary alicyclic amines) is 1. The van der Waals surface area contributed by atoms with E-state index in [4.69, 9.17) is 28.4 Å². The minimum Gasteiger partial charge on any atom is -0.493 e. The molecule has 0 bridgehead atoms. The molecule has 5 aromatic carbocycles. The number of carbonyl (C=O) groups excluding carboxylic acids is 5. The van der Waals surface area contributed by atoms with E-state index in [1.54, 1.807) is 26.4 Å². The van der Waals surface area contributed by atoms with Crippen molar-refractivity contribution in [3.8, 4) is 23.0 Å². The van der Waals surface area contributed by atoms with Crippen molar-refractivity contribution in [2.45, 2.75) is 88.8 Å². The number of nitrogens with zero attached hydrogens (tertiary/aromatic N) is 6. The zero-order valence-electron chi connectivity index (χ0n) is 47.4. The van der Waals surface area contributed by atoms with E-state index in [-0.39, 0.29) is 79.3 Å². The quantitative estimate of drug-likeness (QED) is 0.0382. The number of imide groups is 1. The summed E-state index contributed by atoms with van der Waals surface area (Å²) < 4.78 is 37.2. The first kappa shape index (κ1) is 57.0. The normalized spacial score (nSPS) is 18.0. The molecule has 0 saturated carbocycles. The first-order valence-corrected chi connectivity index (χ1v) is 29.5. The monoisotopic (exact) mass is 1120 g/mol. The Morgan fingerprint density at radius 1 is 0.617 bits per heavy atom. The van der Waals surface area contributed by atoms with Gasteiger partial charge in [-0.1, -0.05) is 43.3 Å². The number of anilines is 5. The number of ether oxygens (including phenoxy) is 6. The van der Waals surface area contributed by atoms with Crippen LogP contribution >= 0.6 is 11.8 Å². The minimum absolute atomic E-state index is 0.0243. The van der Waals surface area contributed by atoms with Crippen LogP contribution in [0.1, 0.15) is 88.4 Å². The summed E-state index contributed by atoms with van der Waals surface area (Å²) in [7, 11) is 7.16. The highest BCUT2D eigenvalue weighted by molar-refractivity contribution is 8.00. The Bertz CT molecular complexity index is 3000. The second-order valence-electron chi connectivity index (χ2n) is 21.5. The van der Waals surface area contributed by atoms with Gasteiger partial charge in [-0.3, -0.25) is 28.9 Å². The Morgan fingerprint density at radius 3 is 1.67 bits per heavy atom. The molecule has 0 aliphatic carbocycles. The van der Waals surface area contributed by atoms with Gasteiger partial charge in [-0.25, -0.2) is 0 Å². The number of hydrogen-bond acceptors (Lipinski definition) is 15.